The number of nitrogens with one attached hydrogen (secondary N) is 1. The van der Waals surface area contributed by atoms with Gasteiger partial charge in [0.15, 0.2) is 0 Å². The maximum absolute atomic E-state index is 11.7. The maximum atomic E-state index is 11.7. The number of thiophene rings is 1. The summed E-state index contributed by atoms with van der Waals surface area (Å²) in [5, 5.41) is 14.1. The molecule has 0 aliphatic heterocycles. The van der Waals surface area contributed by atoms with Crippen LogP contribution in [0.3, 0.4) is 0 Å². The average molecular weight is 257 g/mol. The van der Waals surface area contributed by atoms with Gasteiger partial charge in [-0.2, -0.15) is 0 Å². The minimum atomic E-state index is -0.485. The second-order valence-electron chi connectivity index (χ2n) is 4.34. The number of amides is 1. The molecular formula is C12H19NO3S. The van der Waals surface area contributed by atoms with Crippen molar-refractivity contribution in [2.75, 3.05) is 13.7 Å². The van der Waals surface area contributed by atoms with E-state index >= 15 is 0 Å². The molecule has 1 rings (SSSR count). The highest BCUT2D eigenvalue weighted by Crippen LogP contribution is 2.20. The van der Waals surface area contributed by atoms with Gasteiger partial charge in [-0.05, 0) is 12.3 Å². The number of hydrogen-bond donors (Lipinski definition) is 2. The Hall–Kier alpha value is -1.07. The normalized spacial score (nSPS) is 12.5. The third-order valence-electron chi connectivity index (χ3n) is 2.28. The molecule has 4 nitrogen and oxygen atoms in total. The SMILES string of the molecule is COc1csc(C(=O)NCC(O)CC(C)C)c1. The summed E-state index contributed by atoms with van der Waals surface area (Å²) in [6.45, 7) is 4.36. The van der Waals surface area contributed by atoms with Crippen LogP contribution in [0.4, 0.5) is 0 Å². The van der Waals surface area contributed by atoms with Crippen LogP contribution >= 0.6 is 11.3 Å². The molecule has 0 saturated carbocycles. The Morgan fingerprint density at radius 2 is 2.29 bits per heavy atom. The number of carbonyl (C=O) groups is 1. The first-order chi connectivity index (χ1) is 8.02. The van der Waals surface area contributed by atoms with Crippen molar-refractivity contribution >= 4 is 17.2 Å². The highest BCUT2D eigenvalue weighted by Gasteiger charge is 2.12. The summed E-state index contributed by atoms with van der Waals surface area (Å²) in [6.07, 6.45) is 0.203. The minimum Gasteiger partial charge on any atom is -0.496 e. The Labute approximate surface area is 106 Å². The molecule has 0 spiro atoms. The lowest BCUT2D eigenvalue weighted by Gasteiger charge is -2.13. The Balaban J connectivity index is 2.39. The van der Waals surface area contributed by atoms with Gasteiger partial charge in [0.25, 0.3) is 5.91 Å². The summed E-state index contributed by atoms with van der Waals surface area (Å²) >= 11 is 1.33. The Kier molecular flexibility index (Phi) is 5.44. The van der Waals surface area contributed by atoms with E-state index in [0.29, 0.717) is 23.0 Å². The van der Waals surface area contributed by atoms with E-state index in [0.717, 1.165) is 0 Å². The van der Waals surface area contributed by atoms with Crippen molar-refractivity contribution in [3.8, 4) is 5.75 Å². The molecule has 0 aliphatic rings. The smallest absolute Gasteiger partial charge is 0.261 e. The molecule has 0 aromatic carbocycles. The Morgan fingerprint density at radius 1 is 1.59 bits per heavy atom. The van der Waals surface area contributed by atoms with Crippen molar-refractivity contribution < 1.29 is 14.6 Å². The molecule has 0 aliphatic carbocycles. The van der Waals surface area contributed by atoms with E-state index in [9.17, 15) is 9.90 Å². The number of aliphatic hydroxyl groups is 1. The highest BCUT2D eigenvalue weighted by atomic mass is 32.1. The number of ether oxygens (including phenoxy) is 1. The molecule has 0 fully saturated rings. The van der Waals surface area contributed by atoms with Crippen LogP contribution in [0.15, 0.2) is 11.4 Å². The molecule has 2 N–H and O–H groups in total. The molecule has 17 heavy (non-hydrogen) atoms. The van der Waals surface area contributed by atoms with Gasteiger partial charge in [0.05, 0.1) is 18.1 Å². The van der Waals surface area contributed by atoms with Gasteiger partial charge in [0, 0.05) is 18.0 Å². The third-order valence-corrected chi connectivity index (χ3v) is 3.18. The third kappa shape index (κ3) is 4.75. The van der Waals surface area contributed by atoms with Crippen molar-refractivity contribution in [3.63, 3.8) is 0 Å². The van der Waals surface area contributed by atoms with Crippen molar-refractivity contribution in [2.24, 2.45) is 5.92 Å². The lowest BCUT2D eigenvalue weighted by molar-refractivity contribution is 0.0904. The molecule has 1 aromatic rings. The highest BCUT2D eigenvalue weighted by molar-refractivity contribution is 7.12. The van der Waals surface area contributed by atoms with Crippen molar-refractivity contribution in [3.05, 3.63) is 16.3 Å². The predicted molar refractivity (Wildman–Crippen MR) is 68.7 cm³/mol. The fraction of sp³-hybridized carbons (Fsp3) is 0.583. The first-order valence-electron chi connectivity index (χ1n) is 5.61. The standard InChI is InChI=1S/C12H19NO3S/c1-8(2)4-9(14)6-13-12(15)11-5-10(16-3)7-17-11/h5,7-9,14H,4,6H2,1-3H3,(H,13,15). The van der Waals surface area contributed by atoms with Gasteiger partial charge in [-0.3, -0.25) is 4.79 Å². The average Bonchev–Trinajstić information content (AvgIpc) is 2.73. The molecule has 0 radical (unpaired) electrons. The summed E-state index contributed by atoms with van der Waals surface area (Å²) < 4.78 is 5.00. The van der Waals surface area contributed by atoms with E-state index in [1.54, 1.807) is 18.6 Å². The number of aliphatic hydroxyl groups excluding tert-OH is 1. The van der Waals surface area contributed by atoms with Crippen LogP contribution in [0.5, 0.6) is 5.75 Å². The van der Waals surface area contributed by atoms with Gasteiger partial charge in [0.1, 0.15) is 5.75 Å². The van der Waals surface area contributed by atoms with Crippen LogP contribution in [-0.2, 0) is 0 Å². The van der Waals surface area contributed by atoms with Crippen LogP contribution in [0.2, 0.25) is 0 Å². The Morgan fingerprint density at radius 3 is 2.82 bits per heavy atom. The van der Waals surface area contributed by atoms with Gasteiger partial charge in [0.2, 0.25) is 0 Å². The van der Waals surface area contributed by atoms with Gasteiger partial charge < -0.3 is 15.2 Å². The largest absolute Gasteiger partial charge is 0.496 e. The minimum absolute atomic E-state index is 0.166. The fourth-order valence-corrected chi connectivity index (χ4v) is 2.24. The maximum Gasteiger partial charge on any atom is 0.261 e. The van der Waals surface area contributed by atoms with Crippen LogP contribution in [0.25, 0.3) is 0 Å². The van der Waals surface area contributed by atoms with E-state index in [-0.39, 0.29) is 12.5 Å². The first kappa shape index (κ1) is 14.0. The summed E-state index contributed by atoms with van der Waals surface area (Å²) in [6, 6.07) is 1.69. The number of carbonyl (C=O) groups excluding carboxylic acids is 1. The lowest BCUT2D eigenvalue weighted by atomic mass is 10.1. The molecule has 1 aromatic heterocycles. The molecular weight excluding hydrogens is 238 g/mol. The van der Waals surface area contributed by atoms with Crippen LogP contribution < -0.4 is 10.1 Å². The van der Waals surface area contributed by atoms with E-state index in [1.807, 2.05) is 13.8 Å². The van der Waals surface area contributed by atoms with Gasteiger partial charge in [-0.25, -0.2) is 0 Å². The zero-order chi connectivity index (χ0) is 12.8. The van der Waals surface area contributed by atoms with Gasteiger partial charge in [-0.15, -0.1) is 11.3 Å². The van der Waals surface area contributed by atoms with Gasteiger partial charge in [-0.1, -0.05) is 13.8 Å². The van der Waals surface area contributed by atoms with E-state index in [2.05, 4.69) is 5.32 Å². The molecule has 5 heteroatoms. The Bertz CT molecular complexity index is 362. The quantitative estimate of drug-likeness (QED) is 0.818. The summed E-state index contributed by atoms with van der Waals surface area (Å²) in [5.41, 5.74) is 0. The van der Waals surface area contributed by atoms with Crippen molar-refractivity contribution in [1.29, 1.82) is 0 Å². The van der Waals surface area contributed by atoms with E-state index in [1.165, 1.54) is 11.3 Å². The second-order valence-corrected chi connectivity index (χ2v) is 5.26. The summed E-state index contributed by atoms with van der Waals surface area (Å²) in [4.78, 5) is 12.3. The van der Waals surface area contributed by atoms with Gasteiger partial charge >= 0.3 is 0 Å². The topological polar surface area (TPSA) is 58.6 Å². The monoisotopic (exact) mass is 257 g/mol. The van der Waals surface area contributed by atoms with Crippen molar-refractivity contribution in [2.45, 2.75) is 26.4 Å². The second kappa shape index (κ2) is 6.61. The molecule has 1 unspecified atom stereocenters. The number of methoxy groups -OCH3 is 1. The fourth-order valence-electron chi connectivity index (χ4n) is 1.47. The van der Waals surface area contributed by atoms with Crippen molar-refractivity contribution in [1.82, 2.24) is 5.32 Å². The molecule has 96 valence electrons. The molecule has 1 heterocycles. The lowest BCUT2D eigenvalue weighted by Crippen LogP contribution is -2.32. The summed E-state index contributed by atoms with van der Waals surface area (Å²) in [7, 11) is 1.57. The zero-order valence-electron chi connectivity index (χ0n) is 10.4. The number of rotatable bonds is 6. The molecule has 1 atom stereocenters. The molecule has 1 amide bonds. The first-order valence-corrected chi connectivity index (χ1v) is 6.49. The summed E-state index contributed by atoms with van der Waals surface area (Å²) in [5.74, 6) is 0.938. The van der Waals surface area contributed by atoms with E-state index in [4.69, 9.17) is 4.74 Å². The van der Waals surface area contributed by atoms with Crippen LogP contribution in [0, 0.1) is 5.92 Å². The van der Waals surface area contributed by atoms with Crippen LogP contribution in [0.1, 0.15) is 29.9 Å². The van der Waals surface area contributed by atoms with Crippen LogP contribution in [-0.4, -0.2) is 30.8 Å². The number of hydrogen-bond acceptors (Lipinski definition) is 4. The molecule has 0 bridgehead atoms. The van der Waals surface area contributed by atoms with E-state index < -0.39 is 6.10 Å². The molecule has 0 saturated heterocycles. The zero-order valence-corrected chi connectivity index (χ0v) is 11.2. The predicted octanol–water partition coefficient (Wildman–Crippen LogP) is 1.89.